The lowest BCUT2D eigenvalue weighted by Crippen LogP contribution is -2.55. The summed E-state index contributed by atoms with van der Waals surface area (Å²) in [4.78, 5) is 15.0. The minimum atomic E-state index is -0.192. The van der Waals surface area contributed by atoms with Gasteiger partial charge >= 0.3 is 0 Å². The number of aliphatic hydroxyl groups is 1. The maximum absolute atomic E-state index is 12.3. The number of carbonyl (C=O) groups is 1. The molecule has 1 N–H and O–H groups in total. The first kappa shape index (κ1) is 28.7. The zero-order valence-electron chi connectivity index (χ0n) is 25.6. The molecular weight excluding hydrogens is 494 g/mol. The average Bonchev–Trinajstić information content (AvgIpc) is 3.29. The number of hydrogen-bond acceptors (Lipinski definition) is 4. The second-order valence-electron chi connectivity index (χ2n) is 14.8. The molecule has 40 heavy (non-hydrogen) atoms. The fraction of sp³-hybridized carbons (Fsp3) is 0.806. The normalized spacial score (nSPS) is 39.9. The molecule has 8 atom stereocenters. The lowest BCUT2D eigenvalue weighted by molar-refractivity contribution is -0.145. The SMILES string of the molecule is CCCCN1CCCCC1c1ccc(C)c(OCC[C@]23CCC4C(CCC5CC(=O)CC[C@@]54C)C2CC[C@@H]3O)c1. The summed E-state index contributed by atoms with van der Waals surface area (Å²) >= 11 is 0. The van der Waals surface area contributed by atoms with Gasteiger partial charge in [0.1, 0.15) is 11.5 Å². The molecule has 1 saturated heterocycles. The Morgan fingerprint density at radius 1 is 1.05 bits per heavy atom. The number of likely N-dealkylation sites (tertiary alicyclic amines) is 1. The standard InChI is InChI=1S/C36H55NO3/c1-4-5-20-37-21-7-6-8-32(37)26-10-9-25(2)33(23-26)40-22-19-36-18-16-30-29(31(36)13-14-34(36)39)12-11-27-24-28(38)15-17-35(27,30)3/h9-10,23,27,29-32,34,39H,4-8,11-22,24H2,1-3H3/t27?,29?,30?,31?,32?,34-,35-,36+/m0/s1. The third-order valence-electron chi connectivity index (χ3n) is 13.0. The van der Waals surface area contributed by atoms with Crippen molar-refractivity contribution in [1.82, 2.24) is 4.90 Å². The van der Waals surface area contributed by atoms with Crippen LogP contribution in [0.4, 0.5) is 0 Å². The highest BCUT2D eigenvalue weighted by atomic mass is 16.5. The third-order valence-corrected chi connectivity index (χ3v) is 13.0. The summed E-state index contributed by atoms with van der Waals surface area (Å²) in [6.07, 6.45) is 16.8. The molecule has 0 aromatic heterocycles. The van der Waals surface area contributed by atoms with Crippen molar-refractivity contribution in [3.8, 4) is 5.75 Å². The van der Waals surface area contributed by atoms with E-state index in [2.05, 4.69) is 43.9 Å². The van der Waals surface area contributed by atoms with Crippen LogP contribution in [0.15, 0.2) is 18.2 Å². The highest BCUT2D eigenvalue weighted by molar-refractivity contribution is 5.79. The average molecular weight is 550 g/mol. The third kappa shape index (κ3) is 5.08. The van der Waals surface area contributed by atoms with Gasteiger partial charge in [-0.2, -0.15) is 0 Å². The highest BCUT2D eigenvalue weighted by Crippen LogP contribution is 2.66. The molecule has 1 heterocycles. The van der Waals surface area contributed by atoms with Gasteiger partial charge in [0, 0.05) is 24.3 Å². The van der Waals surface area contributed by atoms with Gasteiger partial charge in [0.05, 0.1) is 12.7 Å². The van der Waals surface area contributed by atoms with Crippen LogP contribution < -0.4 is 4.74 Å². The van der Waals surface area contributed by atoms with Crippen LogP contribution in [0.3, 0.4) is 0 Å². The predicted molar refractivity (Wildman–Crippen MR) is 161 cm³/mol. The van der Waals surface area contributed by atoms with Crippen molar-refractivity contribution in [2.75, 3.05) is 19.7 Å². The lowest BCUT2D eigenvalue weighted by atomic mass is 9.44. The molecule has 6 rings (SSSR count). The molecule has 0 radical (unpaired) electrons. The van der Waals surface area contributed by atoms with E-state index in [1.54, 1.807) is 0 Å². The van der Waals surface area contributed by atoms with Crippen molar-refractivity contribution in [3.63, 3.8) is 0 Å². The monoisotopic (exact) mass is 549 g/mol. The van der Waals surface area contributed by atoms with Gasteiger partial charge in [-0.15, -0.1) is 0 Å². The molecule has 1 aromatic rings. The van der Waals surface area contributed by atoms with E-state index in [-0.39, 0.29) is 11.5 Å². The summed E-state index contributed by atoms with van der Waals surface area (Å²) in [5, 5.41) is 11.5. The number of Topliss-reactive ketones (excluding diaryl/α,β-unsaturated/α-hetero) is 1. The van der Waals surface area contributed by atoms with E-state index in [0.29, 0.717) is 41.6 Å². The van der Waals surface area contributed by atoms with Gasteiger partial charge in [0.25, 0.3) is 0 Å². The number of aryl methyl sites for hydroxylation is 1. The van der Waals surface area contributed by atoms with E-state index >= 15 is 0 Å². The molecule has 222 valence electrons. The Kier molecular flexibility index (Phi) is 8.41. The number of rotatable bonds is 8. The summed E-state index contributed by atoms with van der Waals surface area (Å²) < 4.78 is 6.63. The first-order valence-corrected chi connectivity index (χ1v) is 17.0. The topological polar surface area (TPSA) is 49.8 Å². The maximum atomic E-state index is 12.3. The number of carbonyl (C=O) groups excluding carboxylic acids is 1. The number of unbranched alkanes of at least 4 members (excludes halogenated alkanes) is 1. The second kappa shape index (κ2) is 11.7. The van der Waals surface area contributed by atoms with Crippen LogP contribution in [0, 0.1) is 41.4 Å². The molecule has 5 fully saturated rings. The summed E-state index contributed by atoms with van der Waals surface area (Å²) in [6.45, 7) is 10.1. The molecule has 4 heteroatoms. The molecule has 4 nitrogen and oxygen atoms in total. The zero-order chi connectivity index (χ0) is 27.9. The minimum Gasteiger partial charge on any atom is -0.493 e. The molecular formula is C36H55NO3. The van der Waals surface area contributed by atoms with Crippen LogP contribution >= 0.6 is 0 Å². The molecule has 1 aromatic carbocycles. The van der Waals surface area contributed by atoms with Crippen molar-refractivity contribution >= 4 is 5.78 Å². The van der Waals surface area contributed by atoms with Crippen molar-refractivity contribution < 1.29 is 14.6 Å². The summed E-state index contributed by atoms with van der Waals surface area (Å²) in [5.41, 5.74) is 2.99. The van der Waals surface area contributed by atoms with Crippen molar-refractivity contribution in [2.24, 2.45) is 34.5 Å². The van der Waals surface area contributed by atoms with Gasteiger partial charge < -0.3 is 9.84 Å². The minimum absolute atomic E-state index is 0.0146. The number of aliphatic hydroxyl groups excluding tert-OH is 1. The van der Waals surface area contributed by atoms with E-state index in [1.807, 2.05) is 0 Å². The first-order valence-electron chi connectivity index (χ1n) is 17.0. The van der Waals surface area contributed by atoms with Gasteiger partial charge in [0.2, 0.25) is 0 Å². The predicted octanol–water partition coefficient (Wildman–Crippen LogP) is 8.04. The fourth-order valence-electron chi connectivity index (χ4n) is 10.6. The van der Waals surface area contributed by atoms with Gasteiger partial charge in [-0.1, -0.05) is 38.8 Å². The van der Waals surface area contributed by atoms with Crippen LogP contribution in [-0.2, 0) is 4.79 Å². The van der Waals surface area contributed by atoms with Crippen LogP contribution in [0.2, 0.25) is 0 Å². The highest BCUT2D eigenvalue weighted by Gasteiger charge is 2.61. The lowest BCUT2D eigenvalue weighted by Gasteiger charge is -2.60. The largest absolute Gasteiger partial charge is 0.493 e. The summed E-state index contributed by atoms with van der Waals surface area (Å²) in [5.74, 6) is 4.19. The van der Waals surface area contributed by atoms with Crippen molar-refractivity contribution in [1.29, 1.82) is 0 Å². The number of ketones is 1. The van der Waals surface area contributed by atoms with Crippen LogP contribution in [0.1, 0.15) is 127 Å². The van der Waals surface area contributed by atoms with E-state index in [0.717, 1.165) is 50.2 Å². The number of hydrogen-bond donors (Lipinski definition) is 1. The number of fused-ring (bicyclic) bond motifs is 5. The molecule has 4 aliphatic carbocycles. The molecule has 0 spiro atoms. The smallest absolute Gasteiger partial charge is 0.133 e. The maximum Gasteiger partial charge on any atom is 0.133 e. The molecule has 5 aliphatic rings. The van der Waals surface area contributed by atoms with E-state index in [4.69, 9.17) is 4.74 Å². The molecule has 4 saturated carbocycles. The molecule has 0 bridgehead atoms. The van der Waals surface area contributed by atoms with Crippen molar-refractivity contribution in [2.45, 2.75) is 129 Å². The Bertz CT molecular complexity index is 1050. The van der Waals surface area contributed by atoms with Gasteiger partial charge in [-0.05, 0) is 137 Å². The van der Waals surface area contributed by atoms with Gasteiger partial charge in [0.15, 0.2) is 0 Å². The van der Waals surface area contributed by atoms with Gasteiger partial charge in [-0.3, -0.25) is 9.69 Å². The molecule has 1 aliphatic heterocycles. The summed E-state index contributed by atoms with van der Waals surface area (Å²) in [6, 6.07) is 7.46. The van der Waals surface area contributed by atoms with E-state index < -0.39 is 0 Å². The Morgan fingerprint density at radius 2 is 1.93 bits per heavy atom. The van der Waals surface area contributed by atoms with Crippen molar-refractivity contribution in [3.05, 3.63) is 29.3 Å². The quantitative estimate of drug-likeness (QED) is 0.356. The number of ether oxygens (including phenoxy) is 1. The Balaban J connectivity index is 1.14. The number of piperidine rings is 1. The Morgan fingerprint density at radius 3 is 2.77 bits per heavy atom. The molecule has 5 unspecified atom stereocenters. The fourth-order valence-corrected chi connectivity index (χ4v) is 10.6. The van der Waals surface area contributed by atoms with Crippen LogP contribution in [0.25, 0.3) is 0 Å². The Labute approximate surface area is 243 Å². The zero-order valence-corrected chi connectivity index (χ0v) is 25.6. The molecule has 0 amide bonds. The second-order valence-corrected chi connectivity index (χ2v) is 14.8. The van der Waals surface area contributed by atoms with E-state index in [1.165, 1.54) is 82.0 Å². The van der Waals surface area contributed by atoms with Crippen LogP contribution in [0.5, 0.6) is 5.75 Å². The van der Waals surface area contributed by atoms with Crippen LogP contribution in [-0.4, -0.2) is 41.6 Å². The first-order chi connectivity index (χ1) is 19.4. The summed E-state index contributed by atoms with van der Waals surface area (Å²) in [7, 11) is 0. The number of nitrogens with zero attached hydrogens (tertiary/aromatic N) is 1. The van der Waals surface area contributed by atoms with E-state index in [9.17, 15) is 9.90 Å². The Hall–Kier alpha value is -1.39. The number of benzene rings is 1. The van der Waals surface area contributed by atoms with Gasteiger partial charge in [-0.25, -0.2) is 0 Å².